The predicted molar refractivity (Wildman–Crippen MR) is 105 cm³/mol. The summed E-state index contributed by atoms with van der Waals surface area (Å²) in [6.45, 7) is 0.551. The molecule has 28 heavy (non-hydrogen) atoms. The minimum absolute atomic E-state index is 0.0296. The van der Waals surface area contributed by atoms with Gasteiger partial charge in [0.25, 0.3) is 5.22 Å². The minimum Gasteiger partial charge on any atom is -0.411 e. The number of pyridine rings is 1. The number of nitriles is 1. The number of carbonyl (C=O) groups excluding carboxylic acids is 1. The molecule has 0 radical (unpaired) electrons. The van der Waals surface area contributed by atoms with Crippen molar-refractivity contribution in [1.82, 2.24) is 19.7 Å². The fraction of sp³-hybridized carbons (Fsp3) is 0.150. The van der Waals surface area contributed by atoms with Gasteiger partial charge in [0, 0.05) is 41.6 Å². The van der Waals surface area contributed by atoms with Crippen molar-refractivity contribution in [2.24, 2.45) is 0 Å². The van der Waals surface area contributed by atoms with E-state index in [1.807, 2.05) is 41.1 Å². The third-order valence-corrected chi connectivity index (χ3v) is 5.01. The van der Waals surface area contributed by atoms with E-state index in [4.69, 9.17) is 9.68 Å². The van der Waals surface area contributed by atoms with E-state index >= 15 is 0 Å². The highest BCUT2D eigenvalue weighted by molar-refractivity contribution is 7.99. The smallest absolute Gasteiger partial charge is 0.277 e. The second kappa shape index (κ2) is 8.06. The Balaban J connectivity index is 1.50. The van der Waals surface area contributed by atoms with E-state index in [1.165, 1.54) is 11.8 Å². The van der Waals surface area contributed by atoms with Crippen molar-refractivity contribution in [3.05, 3.63) is 60.6 Å². The molecule has 4 aromatic rings. The first-order valence-corrected chi connectivity index (χ1v) is 9.59. The van der Waals surface area contributed by atoms with Gasteiger partial charge in [-0.05, 0) is 18.2 Å². The molecule has 0 N–H and O–H groups in total. The van der Waals surface area contributed by atoms with E-state index in [0.29, 0.717) is 29.6 Å². The van der Waals surface area contributed by atoms with E-state index in [9.17, 15) is 4.79 Å². The lowest BCUT2D eigenvalue weighted by Crippen LogP contribution is -2.02. The number of hydrogen-bond acceptors (Lipinski definition) is 7. The van der Waals surface area contributed by atoms with Crippen molar-refractivity contribution in [2.75, 3.05) is 5.75 Å². The second-order valence-electron chi connectivity index (χ2n) is 5.99. The van der Waals surface area contributed by atoms with Gasteiger partial charge in [-0.1, -0.05) is 30.0 Å². The van der Waals surface area contributed by atoms with Crippen LogP contribution in [0.4, 0.5) is 0 Å². The molecule has 0 aliphatic carbocycles. The Hall–Kier alpha value is -3.44. The molecule has 0 atom stereocenters. The lowest BCUT2D eigenvalue weighted by Gasteiger charge is -2.00. The largest absolute Gasteiger partial charge is 0.411 e. The Morgan fingerprint density at radius 2 is 2.11 bits per heavy atom. The molecule has 0 saturated carbocycles. The fourth-order valence-electron chi connectivity index (χ4n) is 2.90. The van der Waals surface area contributed by atoms with Gasteiger partial charge in [-0.3, -0.25) is 9.78 Å². The molecular formula is C20H15N5O2S. The molecule has 7 nitrogen and oxygen atoms in total. The van der Waals surface area contributed by atoms with Gasteiger partial charge >= 0.3 is 0 Å². The normalized spacial score (nSPS) is 10.8. The van der Waals surface area contributed by atoms with Gasteiger partial charge in [-0.15, -0.1) is 10.2 Å². The van der Waals surface area contributed by atoms with E-state index in [-0.39, 0.29) is 11.5 Å². The highest BCUT2D eigenvalue weighted by Crippen LogP contribution is 2.26. The maximum absolute atomic E-state index is 12.8. The number of fused-ring (bicyclic) bond motifs is 1. The Morgan fingerprint density at radius 3 is 2.93 bits per heavy atom. The number of Topliss-reactive ketones (excluding diaryl/α,β-unsaturated/α-hetero) is 1. The summed E-state index contributed by atoms with van der Waals surface area (Å²) >= 11 is 1.20. The van der Waals surface area contributed by atoms with Gasteiger partial charge in [0.2, 0.25) is 5.89 Å². The number of para-hydroxylation sites is 1. The van der Waals surface area contributed by atoms with Gasteiger partial charge < -0.3 is 8.98 Å². The van der Waals surface area contributed by atoms with E-state index in [1.54, 1.807) is 18.5 Å². The zero-order valence-corrected chi connectivity index (χ0v) is 15.6. The minimum atomic E-state index is -0.0296. The van der Waals surface area contributed by atoms with Crippen LogP contribution in [0.1, 0.15) is 16.8 Å². The van der Waals surface area contributed by atoms with Crippen LogP contribution in [0.25, 0.3) is 22.4 Å². The predicted octanol–water partition coefficient (Wildman–Crippen LogP) is 3.97. The van der Waals surface area contributed by atoms with Gasteiger partial charge in [-0.2, -0.15) is 5.26 Å². The third-order valence-electron chi connectivity index (χ3n) is 4.20. The van der Waals surface area contributed by atoms with Crippen LogP contribution in [0.2, 0.25) is 0 Å². The monoisotopic (exact) mass is 389 g/mol. The number of aryl methyl sites for hydroxylation is 1. The maximum atomic E-state index is 12.8. The summed E-state index contributed by atoms with van der Waals surface area (Å²) in [6, 6.07) is 13.5. The molecule has 4 rings (SSSR count). The molecule has 0 unspecified atom stereocenters. The molecule has 1 aromatic carbocycles. The van der Waals surface area contributed by atoms with E-state index < -0.39 is 0 Å². The third kappa shape index (κ3) is 3.66. The van der Waals surface area contributed by atoms with Crippen molar-refractivity contribution in [2.45, 2.75) is 18.2 Å². The number of aromatic nitrogens is 4. The summed E-state index contributed by atoms with van der Waals surface area (Å²) < 4.78 is 7.56. The summed E-state index contributed by atoms with van der Waals surface area (Å²) in [5, 5.41) is 18.1. The number of benzene rings is 1. The van der Waals surface area contributed by atoms with Crippen LogP contribution < -0.4 is 0 Å². The van der Waals surface area contributed by atoms with Crippen molar-refractivity contribution in [3.63, 3.8) is 0 Å². The summed E-state index contributed by atoms with van der Waals surface area (Å²) in [5.41, 5.74) is 2.31. The molecule has 138 valence electrons. The van der Waals surface area contributed by atoms with E-state index in [0.717, 1.165) is 16.5 Å². The average Bonchev–Trinajstić information content (AvgIpc) is 3.36. The van der Waals surface area contributed by atoms with E-state index in [2.05, 4.69) is 21.3 Å². The topological polar surface area (TPSA) is 97.6 Å². The SMILES string of the molecule is N#CCCn1cc(C(=O)CSc2nnc(-c3cccnc3)o2)c2ccccc21. The molecular weight excluding hydrogens is 374 g/mol. The van der Waals surface area contributed by atoms with Gasteiger partial charge in [-0.25, -0.2) is 0 Å². The Morgan fingerprint density at radius 1 is 1.21 bits per heavy atom. The van der Waals surface area contributed by atoms with Crippen molar-refractivity contribution < 1.29 is 9.21 Å². The van der Waals surface area contributed by atoms with Crippen LogP contribution in [-0.4, -0.2) is 31.3 Å². The van der Waals surface area contributed by atoms with Crippen molar-refractivity contribution in [3.8, 4) is 17.5 Å². The highest BCUT2D eigenvalue weighted by Gasteiger charge is 2.17. The van der Waals surface area contributed by atoms with Gasteiger partial charge in [0.1, 0.15) is 0 Å². The zero-order chi connectivity index (χ0) is 19.3. The Bertz CT molecular complexity index is 1160. The number of carbonyl (C=O) groups is 1. The second-order valence-corrected chi connectivity index (χ2v) is 6.91. The molecule has 0 bridgehead atoms. The number of thioether (sulfide) groups is 1. The summed E-state index contributed by atoms with van der Waals surface area (Å²) in [7, 11) is 0. The zero-order valence-electron chi connectivity index (χ0n) is 14.8. The molecule has 0 spiro atoms. The molecule has 3 heterocycles. The van der Waals surface area contributed by atoms with Crippen LogP contribution in [0, 0.1) is 11.3 Å². The van der Waals surface area contributed by atoms with Crippen LogP contribution in [-0.2, 0) is 6.54 Å². The Labute approximate surface area is 165 Å². The summed E-state index contributed by atoms with van der Waals surface area (Å²) in [6.07, 6.45) is 5.52. The van der Waals surface area contributed by atoms with Crippen LogP contribution in [0.3, 0.4) is 0 Å². The maximum Gasteiger partial charge on any atom is 0.277 e. The molecule has 0 fully saturated rings. The van der Waals surface area contributed by atoms with Gasteiger partial charge in [0.05, 0.1) is 23.8 Å². The Kier molecular flexibility index (Phi) is 5.17. The van der Waals surface area contributed by atoms with Crippen LogP contribution in [0.15, 0.2) is 64.6 Å². The van der Waals surface area contributed by atoms with Gasteiger partial charge in [0.15, 0.2) is 5.78 Å². The molecule has 0 amide bonds. The first-order valence-electron chi connectivity index (χ1n) is 8.61. The summed E-state index contributed by atoms with van der Waals surface area (Å²) in [4.78, 5) is 16.8. The van der Waals surface area contributed by atoms with Crippen molar-refractivity contribution >= 4 is 28.4 Å². The molecule has 0 saturated heterocycles. The molecule has 8 heteroatoms. The molecule has 0 aliphatic heterocycles. The quantitative estimate of drug-likeness (QED) is 0.348. The van der Waals surface area contributed by atoms with Crippen molar-refractivity contribution in [1.29, 1.82) is 5.26 Å². The molecule has 0 aliphatic rings. The lowest BCUT2D eigenvalue weighted by atomic mass is 10.1. The number of ketones is 1. The number of rotatable bonds is 7. The lowest BCUT2D eigenvalue weighted by molar-refractivity contribution is 0.102. The summed E-state index contributed by atoms with van der Waals surface area (Å²) in [5.74, 6) is 0.523. The van der Waals surface area contributed by atoms with Crippen LogP contribution in [0.5, 0.6) is 0 Å². The van der Waals surface area contributed by atoms with Crippen LogP contribution >= 0.6 is 11.8 Å². The first-order chi connectivity index (χ1) is 13.8. The highest BCUT2D eigenvalue weighted by atomic mass is 32.2. The first kappa shape index (κ1) is 17.9. The number of hydrogen-bond donors (Lipinski definition) is 0. The number of nitrogens with zero attached hydrogens (tertiary/aromatic N) is 5. The molecule has 3 aromatic heterocycles. The fourth-order valence-corrected chi connectivity index (χ4v) is 3.55. The average molecular weight is 389 g/mol. The standard InChI is InChI=1S/C20H15N5O2S/c21-8-4-10-25-12-16(15-6-1-2-7-17(15)25)18(26)13-28-20-24-23-19(27-20)14-5-3-9-22-11-14/h1-3,5-7,9,11-12H,4,10,13H2.